The highest BCUT2D eigenvalue weighted by atomic mass is 16.2. The molecule has 1 saturated heterocycles. The fourth-order valence-electron chi connectivity index (χ4n) is 2.58. The van der Waals surface area contributed by atoms with Crippen molar-refractivity contribution in [1.29, 1.82) is 0 Å². The molecule has 0 aromatic heterocycles. The quantitative estimate of drug-likeness (QED) is 0.800. The van der Waals surface area contributed by atoms with Crippen molar-refractivity contribution >= 4 is 17.5 Å². The lowest BCUT2D eigenvalue weighted by atomic mass is 10.0. The maximum atomic E-state index is 12.2. The summed E-state index contributed by atoms with van der Waals surface area (Å²) < 4.78 is 0. The lowest BCUT2D eigenvalue weighted by Crippen LogP contribution is -2.44. The Bertz CT molecular complexity index is 525. The zero-order chi connectivity index (χ0) is 14.7. The Hall–Kier alpha value is -1.84. The van der Waals surface area contributed by atoms with Crippen LogP contribution in [0.1, 0.15) is 30.9 Å². The number of hydrogen-bond acceptors (Lipinski definition) is 2. The van der Waals surface area contributed by atoms with Crippen LogP contribution in [0, 0.1) is 19.8 Å². The fourth-order valence-corrected chi connectivity index (χ4v) is 2.58. The molecule has 1 aromatic rings. The highest BCUT2D eigenvalue weighted by Gasteiger charge is 2.26. The Morgan fingerprint density at radius 1 is 1.30 bits per heavy atom. The van der Waals surface area contributed by atoms with Gasteiger partial charge < -0.3 is 10.2 Å². The van der Waals surface area contributed by atoms with Gasteiger partial charge in [0.05, 0.1) is 0 Å². The first kappa shape index (κ1) is 14.6. The van der Waals surface area contributed by atoms with Crippen LogP contribution in [0.25, 0.3) is 0 Å². The van der Waals surface area contributed by atoms with Gasteiger partial charge in [0.25, 0.3) is 0 Å². The Morgan fingerprint density at radius 2 is 2.05 bits per heavy atom. The van der Waals surface area contributed by atoms with Crippen molar-refractivity contribution in [1.82, 2.24) is 4.90 Å². The minimum absolute atomic E-state index is 0.419. The smallest absolute Gasteiger partial charge is 0.313 e. The molecule has 4 nitrogen and oxygen atoms in total. The van der Waals surface area contributed by atoms with Crippen LogP contribution in [0.15, 0.2) is 18.2 Å². The molecule has 2 amide bonds. The standard InChI is InChI=1S/C16H22N2O2/c1-11-6-5-9-18(10-11)16(20)15(19)17-14-8-4-7-12(2)13(14)3/h4,7-8,11H,5-6,9-10H2,1-3H3,(H,17,19). The van der Waals surface area contributed by atoms with Gasteiger partial charge in [-0.3, -0.25) is 9.59 Å². The Kier molecular flexibility index (Phi) is 4.42. The maximum Gasteiger partial charge on any atom is 0.313 e. The highest BCUT2D eigenvalue weighted by molar-refractivity contribution is 6.39. The molecule has 108 valence electrons. The number of nitrogens with zero attached hydrogens (tertiary/aromatic N) is 1. The maximum absolute atomic E-state index is 12.2. The second kappa shape index (κ2) is 6.07. The summed E-state index contributed by atoms with van der Waals surface area (Å²) in [6, 6.07) is 5.69. The number of likely N-dealkylation sites (tertiary alicyclic amines) is 1. The van der Waals surface area contributed by atoms with Crippen molar-refractivity contribution < 1.29 is 9.59 Å². The predicted octanol–water partition coefficient (Wildman–Crippen LogP) is 2.50. The molecule has 0 radical (unpaired) electrons. The van der Waals surface area contributed by atoms with E-state index < -0.39 is 11.8 Å². The SMILES string of the molecule is Cc1cccc(NC(=O)C(=O)N2CCCC(C)C2)c1C. The number of carbonyl (C=O) groups is 2. The molecular formula is C16H22N2O2. The van der Waals surface area contributed by atoms with Crippen LogP contribution in [-0.4, -0.2) is 29.8 Å². The first-order chi connectivity index (χ1) is 9.49. The Morgan fingerprint density at radius 3 is 2.75 bits per heavy atom. The average Bonchev–Trinajstić information content (AvgIpc) is 2.43. The molecule has 1 fully saturated rings. The number of piperidine rings is 1. The van der Waals surface area contributed by atoms with Crippen LogP contribution in [-0.2, 0) is 9.59 Å². The zero-order valence-corrected chi connectivity index (χ0v) is 12.4. The van der Waals surface area contributed by atoms with Crippen molar-refractivity contribution in [3.8, 4) is 0 Å². The summed E-state index contributed by atoms with van der Waals surface area (Å²) in [4.78, 5) is 25.9. The van der Waals surface area contributed by atoms with Gasteiger partial charge in [-0.25, -0.2) is 0 Å². The molecule has 1 heterocycles. The van der Waals surface area contributed by atoms with Gasteiger partial charge in [0.15, 0.2) is 0 Å². The zero-order valence-electron chi connectivity index (χ0n) is 12.4. The van der Waals surface area contributed by atoms with E-state index in [0.717, 1.165) is 24.0 Å². The summed E-state index contributed by atoms with van der Waals surface area (Å²) >= 11 is 0. The van der Waals surface area contributed by atoms with Crippen molar-refractivity contribution in [3.05, 3.63) is 29.3 Å². The largest absolute Gasteiger partial charge is 0.334 e. The van der Waals surface area contributed by atoms with Crippen molar-refractivity contribution in [2.75, 3.05) is 18.4 Å². The van der Waals surface area contributed by atoms with Crippen molar-refractivity contribution in [3.63, 3.8) is 0 Å². The number of hydrogen-bond donors (Lipinski definition) is 1. The fraction of sp³-hybridized carbons (Fsp3) is 0.500. The monoisotopic (exact) mass is 274 g/mol. The average molecular weight is 274 g/mol. The van der Waals surface area contributed by atoms with Gasteiger partial charge in [0, 0.05) is 18.8 Å². The summed E-state index contributed by atoms with van der Waals surface area (Å²) in [6.45, 7) is 7.40. The van der Waals surface area contributed by atoms with E-state index in [0.29, 0.717) is 24.7 Å². The van der Waals surface area contributed by atoms with Crippen LogP contribution < -0.4 is 5.32 Å². The summed E-state index contributed by atoms with van der Waals surface area (Å²) in [5.41, 5.74) is 2.82. The molecule has 1 aromatic carbocycles. The van der Waals surface area contributed by atoms with E-state index in [1.54, 1.807) is 4.90 Å². The molecule has 1 atom stereocenters. The number of nitrogens with one attached hydrogen (secondary N) is 1. The van der Waals surface area contributed by atoms with Crippen molar-refractivity contribution in [2.24, 2.45) is 5.92 Å². The molecule has 2 rings (SSSR count). The second-order valence-electron chi connectivity index (χ2n) is 5.70. The minimum Gasteiger partial charge on any atom is -0.334 e. The van der Waals surface area contributed by atoms with Gasteiger partial charge in [-0.2, -0.15) is 0 Å². The molecule has 1 aliphatic rings. The lowest BCUT2D eigenvalue weighted by molar-refractivity contribution is -0.144. The molecule has 0 saturated carbocycles. The molecular weight excluding hydrogens is 252 g/mol. The van der Waals surface area contributed by atoms with Gasteiger partial charge in [0.2, 0.25) is 0 Å². The third kappa shape index (κ3) is 3.18. The molecule has 0 aliphatic carbocycles. The molecule has 1 unspecified atom stereocenters. The summed E-state index contributed by atoms with van der Waals surface area (Å²) in [5, 5.41) is 2.73. The lowest BCUT2D eigenvalue weighted by Gasteiger charge is -2.30. The van der Waals surface area contributed by atoms with E-state index in [2.05, 4.69) is 12.2 Å². The number of carbonyl (C=O) groups excluding carboxylic acids is 2. The van der Waals surface area contributed by atoms with Crippen LogP contribution in [0.3, 0.4) is 0 Å². The number of rotatable bonds is 1. The number of benzene rings is 1. The second-order valence-corrected chi connectivity index (χ2v) is 5.70. The van der Waals surface area contributed by atoms with Crippen LogP contribution in [0.4, 0.5) is 5.69 Å². The van der Waals surface area contributed by atoms with Crippen LogP contribution in [0.2, 0.25) is 0 Å². The van der Waals surface area contributed by atoms with E-state index in [1.165, 1.54) is 0 Å². The Balaban J connectivity index is 2.04. The number of anilines is 1. The summed E-state index contributed by atoms with van der Waals surface area (Å²) in [5.74, 6) is -0.480. The van der Waals surface area contributed by atoms with Crippen LogP contribution >= 0.6 is 0 Å². The third-order valence-corrected chi connectivity index (χ3v) is 3.99. The third-order valence-electron chi connectivity index (χ3n) is 3.99. The molecule has 1 N–H and O–H groups in total. The molecule has 0 spiro atoms. The van der Waals surface area contributed by atoms with Crippen molar-refractivity contribution in [2.45, 2.75) is 33.6 Å². The van der Waals surface area contributed by atoms with Crippen LogP contribution in [0.5, 0.6) is 0 Å². The number of aryl methyl sites for hydroxylation is 1. The number of amides is 2. The molecule has 0 bridgehead atoms. The predicted molar refractivity (Wildman–Crippen MR) is 79.5 cm³/mol. The van der Waals surface area contributed by atoms with E-state index in [4.69, 9.17) is 0 Å². The minimum atomic E-state index is -0.534. The van der Waals surface area contributed by atoms with Gasteiger partial charge in [-0.05, 0) is 49.8 Å². The first-order valence-corrected chi connectivity index (χ1v) is 7.15. The van der Waals surface area contributed by atoms with Gasteiger partial charge in [0.1, 0.15) is 0 Å². The topological polar surface area (TPSA) is 49.4 Å². The normalized spacial score (nSPS) is 18.8. The van der Waals surface area contributed by atoms with E-state index >= 15 is 0 Å². The molecule has 1 aliphatic heterocycles. The Labute approximate surface area is 120 Å². The first-order valence-electron chi connectivity index (χ1n) is 7.15. The summed E-state index contributed by atoms with van der Waals surface area (Å²) in [7, 11) is 0. The molecule has 4 heteroatoms. The van der Waals surface area contributed by atoms with E-state index in [-0.39, 0.29) is 0 Å². The molecule has 20 heavy (non-hydrogen) atoms. The van der Waals surface area contributed by atoms with E-state index in [9.17, 15) is 9.59 Å². The van der Waals surface area contributed by atoms with Gasteiger partial charge in [-0.15, -0.1) is 0 Å². The van der Waals surface area contributed by atoms with Gasteiger partial charge >= 0.3 is 11.8 Å². The summed E-state index contributed by atoms with van der Waals surface area (Å²) in [6.07, 6.45) is 2.10. The highest BCUT2D eigenvalue weighted by Crippen LogP contribution is 2.19. The van der Waals surface area contributed by atoms with Gasteiger partial charge in [-0.1, -0.05) is 19.1 Å². The van der Waals surface area contributed by atoms with E-state index in [1.807, 2.05) is 32.0 Å².